The molecular formula is C24H24N2O3S. The van der Waals surface area contributed by atoms with Crippen LogP contribution in [0.3, 0.4) is 0 Å². The van der Waals surface area contributed by atoms with Crippen molar-refractivity contribution in [2.45, 2.75) is 18.2 Å². The number of amides is 2. The van der Waals surface area contributed by atoms with E-state index in [0.717, 1.165) is 27.6 Å². The Bertz CT molecular complexity index is 958. The third-order valence-electron chi connectivity index (χ3n) is 4.16. The van der Waals surface area contributed by atoms with E-state index in [1.54, 1.807) is 0 Å². The Labute approximate surface area is 180 Å². The van der Waals surface area contributed by atoms with Crippen molar-refractivity contribution in [2.24, 2.45) is 0 Å². The summed E-state index contributed by atoms with van der Waals surface area (Å²) in [4.78, 5) is 25.3. The van der Waals surface area contributed by atoms with Crippen molar-refractivity contribution in [3.8, 4) is 5.75 Å². The molecule has 0 aliphatic carbocycles. The number of carbonyl (C=O) groups excluding carboxylic acids is 2. The SMILES string of the molecule is CCOc1ccc(NC(=O)CSc2ccc(NC(=O)Cc3ccccc3)cc2)cc1. The van der Waals surface area contributed by atoms with E-state index in [-0.39, 0.29) is 11.8 Å². The zero-order valence-electron chi connectivity index (χ0n) is 16.8. The third kappa shape index (κ3) is 6.97. The number of ether oxygens (including phenoxy) is 1. The van der Waals surface area contributed by atoms with Crippen LogP contribution in [0.2, 0.25) is 0 Å². The second-order valence-electron chi connectivity index (χ2n) is 6.53. The minimum Gasteiger partial charge on any atom is -0.494 e. The number of hydrogen-bond donors (Lipinski definition) is 2. The fourth-order valence-electron chi connectivity index (χ4n) is 2.77. The van der Waals surface area contributed by atoms with Gasteiger partial charge in [-0.3, -0.25) is 9.59 Å². The highest BCUT2D eigenvalue weighted by Crippen LogP contribution is 2.21. The highest BCUT2D eigenvalue weighted by Gasteiger charge is 2.06. The van der Waals surface area contributed by atoms with Crippen LogP contribution in [0.5, 0.6) is 5.75 Å². The molecule has 0 aliphatic heterocycles. The van der Waals surface area contributed by atoms with Gasteiger partial charge in [0.25, 0.3) is 0 Å². The van der Waals surface area contributed by atoms with Gasteiger partial charge in [0.05, 0.1) is 18.8 Å². The summed E-state index contributed by atoms with van der Waals surface area (Å²) in [6.45, 7) is 2.54. The quantitative estimate of drug-likeness (QED) is 0.478. The van der Waals surface area contributed by atoms with Crippen LogP contribution >= 0.6 is 11.8 Å². The van der Waals surface area contributed by atoms with Crippen LogP contribution in [0.1, 0.15) is 12.5 Å². The molecule has 30 heavy (non-hydrogen) atoms. The molecule has 0 aliphatic rings. The number of anilines is 2. The van der Waals surface area contributed by atoms with Crippen LogP contribution in [0.4, 0.5) is 11.4 Å². The lowest BCUT2D eigenvalue weighted by molar-refractivity contribution is -0.115. The Morgan fingerprint density at radius 3 is 2.03 bits per heavy atom. The lowest BCUT2D eigenvalue weighted by Gasteiger charge is -2.08. The lowest BCUT2D eigenvalue weighted by atomic mass is 10.1. The first-order valence-corrected chi connectivity index (χ1v) is 10.7. The first kappa shape index (κ1) is 21.5. The highest BCUT2D eigenvalue weighted by molar-refractivity contribution is 8.00. The van der Waals surface area contributed by atoms with Crippen LogP contribution in [0.15, 0.2) is 83.8 Å². The largest absolute Gasteiger partial charge is 0.494 e. The van der Waals surface area contributed by atoms with Gasteiger partial charge in [-0.1, -0.05) is 30.3 Å². The van der Waals surface area contributed by atoms with Crippen molar-refractivity contribution in [1.82, 2.24) is 0 Å². The molecule has 0 radical (unpaired) electrons. The van der Waals surface area contributed by atoms with E-state index in [1.165, 1.54) is 11.8 Å². The van der Waals surface area contributed by atoms with E-state index in [2.05, 4.69) is 10.6 Å². The average Bonchev–Trinajstić information content (AvgIpc) is 2.75. The summed E-state index contributed by atoms with van der Waals surface area (Å²) in [6.07, 6.45) is 0.336. The molecule has 154 valence electrons. The molecule has 0 unspecified atom stereocenters. The smallest absolute Gasteiger partial charge is 0.234 e. The van der Waals surface area contributed by atoms with Gasteiger partial charge in [-0.2, -0.15) is 0 Å². The minimum absolute atomic E-state index is 0.0589. The fourth-order valence-corrected chi connectivity index (χ4v) is 3.47. The normalized spacial score (nSPS) is 10.3. The molecule has 2 N–H and O–H groups in total. The molecular weight excluding hydrogens is 396 g/mol. The van der Waals surface area contributed by atoms with Crippen molar-refractivity contribution in [2.75, 3.05) is 23.0 Å². The fraction of sp³-hybridized carbons (Fsp3) is 0.167. The summed E-state index contributed by atoms with van der Waals surface area (Å²) in [6, 6.07) is 24.4. The summed E-state index contributed by atoms with van der Waals surface area (Å²) in [7, 11) is 0. The summed E-state index contributed by atoms with van der Waals surface area (Å²) in [5.41, 5.74) is 2.44. The van der Waals surface area contributed by atoms with E-state index in [4.69, 9.17) is 4.74 Å². The maximum atomic E-state index is 12.2. The predicted octanol–water partition coefficient (Wildman–Crippen LogP) is 5.00. The van der Waals surface area contributed by atoms with Gasteiger partial charge in [-0.05, 0) is 61.0 Å². The molecule has 0 atom stereocenters. The first-order chi connectivity index (χ1) is 14.6. The molecule has 0 aromatic heterocycles. The Balaban J connectivity index is 1.43. The van der Waals surface area contributed by atoms with Gasteiger partial charge >= 0.3 is 0 Å². The number of hydrogen-bond acceptors (Lipinski definition) is 4. The molecule has 3 aromatic rings. The van der Waals surface area contributed by atoms with Crippen molar-refractivity contribution in [3.63, 3.8) is 0 Å². The molecule has 0 spiro atoms. The van der Waals surface area contributed by atoms with E-state index in [9.17, 15) is 9.59 Å². The lowest BCUT2D eigenvalue weighted by Crippen LogP contribution is -2.14. The van der Waals surface area contributed by atoms with Gasteiger partial charge in [0.15, 0.2) is 0 Å². The van der Waals surface area contributed by atoms with Crippen LogP contribution in [0, 0.1) is 0 Å². The standard InChI is InChI=1S/C24H24N2O3S/c1-2-29-21-12-8-19(9-13-21)26-24(28)17-30-22-14-10-20(11-15-22)25-23(27)16-18-6-4-3-5-7-18/h3-15H,2,16-17H2,1H3,(H,25,27)(H,26,28). The van der Waals surface area contributed by atoms with Gasteiger partial charge in [0.1, 0.15) is 5.75 Å². The van der Waals surface area contributed by atoms with Crippen molar-refractivity contribution in [1.29, 1.82) is 0 Å². The molecule has 0 fully saturated rings. The summed E-state index contributed by atoms with van der Waals surface area (Å²) in [5.74, 6) is 0.939. The average molecular weight is 421 g/mol. The second kappa shape index (κ2) is 11.1. The van der Waals surface area contributed by atoms with E-state index >= 15 is 0 Å². The van der Waals surface area contributed by atoms with Crippen LogP contribution in [0.25, 0.3) is 0 Å². The second-order valence-corrected chi connectivity index (χ2v) is 7.58. The van der Waals surface area contributed by atoms with Gasteiger partial charge < -0.3 is 15.4 Å². The highest BCUT2D eigenvalue weighted by atomic mass is 32.2. The molecule has 3 aromatic carbocycles. The molecule has 3 rings (SSSR count). The molecule has 5 nitrogen and oxygen atoms in total. The Morgan fingerprint density at radius 1 is 0.800 bits per heavy atom. The van der Waals surface area contributed by atoms with Crippen LogP contribution in [-0.2, 0) is 16.0 Å². The third-order valence-corrected chi connectivity index (χ3v) is 5.18. The van der Waals surface area contributed by atoms with E-state index in [1.807, 2.05) is 85.8 Å². The summed E-state index contributed by atoms with van der Waals surface area (Å²) in [5, 5.41) is 5.76. The molecule has 0 bridgehead atoms. The number of thioether (sulfide) groups is 1. The predicted molar refractivity (Wildman–Crippen MR) is 122 cm³/mol. The number of carbonyl (C=O) groups is 2. The van der Waals surface area contributed by atoms with Crippen molar-refractivity contribution in [3.05, 3.63) is 84.4 Å². The Morgan fingerprint density at radius 2 is 1.40 bits per heavy atom. The molecule has 6 heteroatoms. The van der Waals surface area contributed by atoms with Crippen LogP contribution < -0.4 is 15.4 Å². The van der Waals surface area contributed by atoms with Gasteiger partial charge in [-0.25, -0.2) is 0 Å². The first-order valence-electron chi connectivity index (χ1n) is 9.72. The van der Waals surface area contributed by atoms with Crippen molar-refractivity contribution < 1.29 is 14.3 Å². The van der Waals surface area contributed by atoms with Gasteiger partial charge in [0, 0.05) is 16.3 Å². The number of nitrogens with one attached hydrogen (secondary N) is 2. The molecule has 0 heterocycles. The zero-order chi connectivity index (χ0) is 21.2. The molecule has 0 saturated heterocycles. The van der Waals surface area contributed by atoms with Crippen LogP contribution in [-0.4, -0.2) is 24.2 Å². The van der Waals surface area contributed by atoms with Gasteiger partial charge in [0.2, 0.25) is 11.8 Å². The Hall–Kier alpha value is -3.25. The Kier molecular flexibility index (Phi) is 7.92. The topological polar surface area (TPSA) is 67.4 Å². The maximum absolute atomic E-state index is 12.2. The number of rotatable bonds is 9. The van der Waals surface area contributed by atoms with E-state index < -0.39 is 0 Å². The van der Waals surface area contributed by atoms with Gasteiger partial charge in [-0.15, -0.1) is 11.8 Å². The number of benzene rings is 3. The zero-order valence-corrected chi connectivity index (χ0v) is 17.6. The summed E-state index contributed by atoms with van der Waals surface area (Å²) >= 11 is 1.44. The molecule has 2 amide bonds. The maximum Gasteiger partial charge on any atom is 0.234 e. The molecule has 0 saturated carbocycles. The van der Waals surface area contributed by atoms with E-state index in [0.29, 0.717) is 18.8 Å². The summed E-state index contributed by atoms with van der Waals surface area (Å²) < 4.78 is 5.39. The van der Waals surface area contributed by atoms with Crippen molar-refractivity contribution >= 4 is 35.0 Å². The monoisotopic (exact) mass is 420 g/mol. The minimum atomic E-state index is -0.0793.